The maximum absolute atomic E-state index is 6.26. The van der Waals surface area contributed by atoms with Gasteiger partial charge in [0.2, 0.25) is 0 Å². The molecule has 0 aliphatic heterocycles. The molecule has 2 aromatic heterocycles. The highest BCUT2D eigenvalue weighted by molar-refractivity contribution is 7.21. The van der Waals surface area contributed by atoms with Gasteiger partial charge in [0, 0.05) is 0 Å². The molecule has 0 amide bonds. The van der Waals surface area contributed by atoms with Crippen molar-refractivity contribution in [2.45, 2.75) is 194 Å². The Morgan fingerprint density at radius 3 is 0.886 bits per heavy atom. The summed E-state index contributed by atoms with van der Waals surface area (Å²) >= 11 is 3.56. The molecule has 2 heterocycles. The highest BCUT2D eigenvalue weighted by Crippen LogP contribution is 2.44. The van der Waals surface area contributed by atoms with E-state index in [0.717, 1.165) is 37.6 Å². The number of thiophene rings is 2. The minimum atomic E-state index is 0.822. The molecule has 44 heavy (non-hydrogen) atoms. The summed E-state index contributed by atoms with van der Waals surface area (Å²) < 4.78 is 12.5. The van der Waals surface area contributed by atoms with Crippen LogP contribution < -0.4 is 9.47 Å². The van der Waals surface area contributed by atoms with Crippen molar-refractivity contribution >= 4 is 22.7 Å². The van der Waals surface area contributed by atoms with E-state index >= 15 is 0 Å². The Morgan fingerprint density at radius 1 is 0.364 bits per heavy atom. The fraction of sp³-hybridized carbons (Fsp3) is 0.800. The third kappa shape index (κ3) is 20.2. The van der Waals surface area contributed by atoms with Crippen LogP contribution in [0, 0.1) is 0 Å². The van der Waals surface area contributed by atoms with Crippen LogP contribution in [0.5, 0.6) is 11.5 Å². The summed E-state index contributed by atoms with van der Waals surface area (Å²) in [6.07, 6.45) is 38.9. The molecule has 0 N–H and O–H groups in total. The second-order valence-corrected chi connectivity index (χ2v) is 14.9. The van der Waals surface area contributed by atoms with Crippen molar-refractivity contribution in [3.63, 3.8) is 0 Å². The van der Waals surface area contributed by atoms with Crippen LogP contribution in [-0.2, 0) is 0 Å². The van der Waals surface area contributed by atoms with Gasteiger partial charge < -0.3 is 9.47 Å². The van der Waals surface area contributed by atoms with Crippen LogP contribution in [0.2, 0.25) is 0 Å². The van der Waals surface area contributed by atoms with Crippen molar-refractivity contribution in [1.82, 2.24) is 0 Å². The summed E-state index contributed by atoms with van der Waals surface area (Å²) in [5.41, 5.74) is 0. The van der Waals surface area contributed by atoms with Gasteiger partial charge in [0.05, 0.1) is 23.0 Å². The quantitative estimate of drug-likeness (QED) is 0.0718. The Morgan fingerprint density at radius 2 is 0.614 bits per heavy atom. The average molecular weight is 647 g/mol. The maximum Gasteiger partial charge on any atom is 0.138 e. The zero-order valence-corrected chi connectivity index (χ0v) is 30.8. The maximum atomic E-state index is 6.26. The van der Waals surface area contributed by atoms with E-state index in [1.54, 1.807) is 22.7 Å². The van der Waals surface area contributed by atoms with Gasteiger partial charge in [0.1, 0.15) is 11.5 Å². The van der Waals surface area contributed by atoms with E-state index in [0.29, 0.717) is 0 Å². The van der Waals surface area contributed by atoms with E-state index in [1.165, 1.54) is 177 Å². The zero-order chi connectivity index (χ0) is 31.2. The van der Waals surface area contributed by atoms with Crippen LogP contribution in [-0.4, -0.2) is 13.2 Å². The van der Waals surface area contributed by atoms with Gasteiger partial charge in [-0.1, -0.05) is 181 Å². The van der Waals surface area contributed by atoms with E-state index in [2.05, 4.69) is 36.7 Å². The summed E-state index contributed by atoms with van der Waals surface area (Å²) in [6, 6.07) is 4.28. The first-order valence-electron chi connectivity index (χ1n) is 19.3. The van der Waals surface area contributed by atoms with Crippen molar-refractivity contribution < 1.29 is 9.47 Å². The van der Waals surface area contributed by atoms with Crippen LogP contribution in [0.1, 0.15) is 194 Å². The molecule has 0 radical (unpaired) electrons. The lowest BCUT2D eigenvalue weighted by molar-refractivity contribution is 0.303. The van der Waals surface area contributed by atoms with Gasteiger partial charge in [-0.05, 0) is 35.7 Å². The fourth-order valence-electron chi connectivity index (χ4n) is 6.11. The topological polar surface area (TPSA) is 18.5 Å². The molecule has 0 atom stereocenters. The Bertz CT molecular complexity index is 787. The molecular weight excluding hydrogens is 577 g/mol. The Labute approximate surface area is 282 Å². The second-order valence-electron chi connectivity index (χ2n) is 13.1. The molecule has 4 heteroatoms. The first kappa shape index (κ1) is 39.2. The normalized spacial score (nSPS) is 11.4. The minimum Gasteiger partial charge on any atom is -0.492 e. The first-order chi connectivity index (χ1) is 21.9. The lowest BCUT2D eigenvalue weighted by Crippen LogP contribution is -1.99. The zero-order valence-electron chi connectivity index (χ0n) is 29.2. The summed E-state index contributed by atoms with van der Waals surface area (Å²) in [5.74, 6) is 2.07. The van der Waals surface area contributed by atoms with Crippen LogP contribution in [0.15, 0.2) is 22.9 Å². The van der Waals surface area contributed by atoms with Crippen molar-refractivity contribution in [3.05, 3.63) is 22.9 Å². The Balaban J connectivity index is 1.45. The summed E-state index contributed by atoms with van der Waals surface area (Å²) in [4.78, 5) is 2.47. The van der Waals surface area contributed by atoms with E-state index in [-0.39, 0.29) is 0 Å². The standard InChI is InChI=1S/C40H70O2S2/c1-3-5-7-9-11-13-15-17-19-21-23-25-27-29-33-41-37-31-35-43-39(37)40-38(32-36-44-40)42-34-30-28-26-24-22-20-18-16-14-12-10-8-6-4-2/h31-32,35-36H,3-30,33-34H2,1-2H3. The molecule has 2 aromatic rings. The van der Waals surface area contributed by atoms with Gasteiger partial charge in [-0.15, -0.1) is 22.7 Å². The summed E-state index contributed by atoms with van der Waals surface area (Å²) in [5, 5.41) is 4.32. The first-order valence-corrected chi connectivity index (χ1v) is 21.0. The van der Waals surface area contributed by atoms with Gasteiger partial charge in [-0.25, -0.2) is 0 Å². The lowest BCUT2D eigenvalue weighted by atomic mass is 10.0. The molecule has 254 valence electrons. The monoisotopic (exact) mass is 646 g/mol. The third-order valence-corrected chi connectivity index (χ3v) is 10.9. The summed E-state index contributed by atoms with van der Waals surface area (Å²) in [6.45, 7) is 6.24. The van der Waals surface area contributed by atoms with Crippen molar-refractivity contribution in [3.8, 4) is 21.3 Å². The van der Waals surface area contributed by atoms with Crippen LogP contribution >= 0.6 is 22.7 Å². The van der Waals surface area contributed by atoms with Gasteiger partial charge in [0.15, 0.2) is 0 Å². The Kier molecular flexibility index (Phi) is 26.2. The SMILES string of the molecule is CCCCCCCCCCCCCCCCOc1ccsc1-c1sccc1OCCCCCCCCCCCCCCCC. The van der Waals surface area contributed by atoms with Gasteiger partial charge in [-0.3, -0.25) is 0 Å². The number of hydrogen-bond donors (Lipinski definition) is 0. The molecule has 0 unspecified atom stereocenters. The van der Waals surface area contributed by atoms with E-state index in [9.17, 15) is 0 Å². The molecule has 0 saturated heterocycles. The molecule has 0 aliphatic rings. The molecule has 0 aromatic carbocycles. The molecule has 0 aliphatic carbocycles. The number of hydrogen-bond acceptors (Lipinski definition) is 4. The van der Waals surface area contributed by atoms with E-state index in [4.69, 9.17) is 9.47 Å². The Hall–Kier alpha value is -1.00. The largest absolute Gasteiger partial charge is 0.492 e. The van der Waals surface area contributed by atoms with E-state index < -0.39 is 0 Å². The molecule has 0 fully saturated rings. The second kappa shape index (κ2) is 29.4. The number of ether oxygens (including phenoxy) is 2. The molecule has 2 nitrogen and oxygen atoms in total. The molecule has 2 rings (SSSR count). The lowest BCUT2D eigenvalue weighted by Gasteiger charge is -2.10. The highest BCUT2D eigenvalue weighted by Gasteiger charge is 2.15. The third-order valence-electron chi connectivity index (χ3n) is 8.98. The smallest absolute Gasteiger partial charge is 0.138 e. The highest BCUT2D eigenvalue weighted by atomic mass is 32.1. The van der Waals surface area contributed by atoms with Crippen LogP contribution in [0.4, 0.5) is 0 Å². The van der Waals surface area contributed by atoms with Crippen LogP contribution in [0.3, 0.4) is 0 Å². The van der Waals surface area contributed by atoms with Gasteiger partial charge >= 0.3 is 0 Å². The predicted molar refractivity (Wildman–Crippen MR) is 199 cm³/mol. The predicted octanol–water partition coefficient (Wildman–Crippen LogP) is 15.2. The molecule has 0 spiro atoms. The summed E-state index contributed by atoms with van der Waals surface area (Å²) in [7, 11) is 0. The van der Waals surface area contributed by atoms with Crippen molar-refractivity contribution in [1.29, 1.82) is 0 Å². The molecular formula is C40H70O2S2. The molecule has 0 saturated carbocycles. The van der Waals surface area contributed by atoms with Gasteiger partial charge in [-0.2, -0.15) is 0 Å². The average Bonchev–Trinajstić information content (AvgIpc) is 3.70. The van der Waals surface area contributed by atoms with Crippen molar-refractivity contribution in [2.24, 2.45) is 0 Å². The van der Waals surface area contributed by atoms with E-state index in [1.807, 2.05) is 0 Å². The molecule has 0 bridgehead atoms. The number of rotatable bonds is 33. The fourth-order valence-corrected chi connectivity index (χ4v) is 7.96. The van der Waals surface area contributed by atoms with Crippen LogP contribution in [0.25, 0.3) is 9.75 Å². The van der Waals surface area contributed by atoms with Gasteiger partial charge in [0.25, 0.3) is 0 Å². The minimum absolute atomic E-state index is 0.822. The van der Waals surface area contributed by atoms with Crippen molar-refractivity contribution in [2.75, 3.05) is 13.2 Å². The number of unbranched alkanes of at least 4 members (excludes halogenated alkanes) is 26.